The summed E-state index contributed by atoms with van der Waals surface area (Å²) in [6, 6.07) is 7.92. The lowest BCUT2D eigenvalue weighted by Crippen LogP contribution is -2.61. The molecule has 0 saturated carbocycles. The van der Waals surface area contributed by atoms with Crippen LogP contribution in [0.3, 0.4) is 0 Å². The Hall–Kier alpha value is -1.88. The minimum Gasteiger partial charge on any atom is -0.387 e. The van der Waals surface area contributed by atoms with Crippen molar-refractivity contribution in [1.29, 1.82) is 0 Å². The van der Waals surface area contributed by atoms with Gasteiger partial charge < -0.3 is 14.9 Å². The number of hydrogen-bond acceptors (Lipinski definition) is 3. The zero-order valence-electron chi connectivity index (χ0n) is 12.2. The van der Waals surface area contributed by atoms with Crippen LogP contribution < -0.4 is 0 Å². The van der Waals surface area contributed by atoms with Gasteiger partial charge in [-0.2, -0.15) is 0 Å². The summed E-state index contributed by atoms with van der Waals surface area (Å²) in [5, 5.41) is 8.88. The van der Waals surface area contributed by atoms with E-state index in [1.54, 1.807) is 4.90 Å². The minimum atomic E-state index is -0.434. The Morgan fingerprint density at radius 3 is 2.71 bits per heavy atom. The first-order chi connectivity index (χ1) is 10.2. The fourth-order valence-electron chi connectivity index (χ4n) is 3.41. The van der Waals surface area contributed by atoms with E-state index in [0.29, 0.717) is 25.6 Å². The molecule has 2 amide bonds. The van der Waals surface area contributed by atoms with Crippen molar-refractivity contribution in [1.82, 2.24) is 9.80 Å². The molecule has 21 heavy (non-hydrogen) atoms. The van der Waals surface area contributed by atoms with Gasteiger partial charge in [0.25, 0.3) is 5.91 Å². The molecule has 2 aliphatic rings. The van der Waals surface area contributed by atoms with Crippen LogP contribution in [-0.2, 0) is 11.2 Å². The number of fused-ring (bicyclic) bond motifs is 1. The van der Waals surface area contributed by atoms with Crippen LogP contribution in [0.15, 0.2) is 24.3 Å². The number of hydrogen-bond donors (Lipinski definition) is 1. The normalized spacial score (nSPS) is 22.0. The van der Waals surface area contributed by atoms with Crippen molar-refractivity contribution >= 4 is 11.8 Å². The van der Waals surface area contributed by atoms with Crippen molar-refractivity contribution in [2.75, 3.05) is 26.2 Å². The summed E-state index contributed by atoms with van der Waals surface area (Å²) in [6.45, 7) is 3.51. The lowest BCUT2D eigenvalue weighted by molar-refractivity contribution is -0.142. The Morgan fingerprint density at radius 1 is 1.33 bits per heavy atom. The highest BCUT2D eigenvalue weighted by Crippen LogP contribution is 2.31. The van der Waals surface area contributed by atoms with Crippen LogP contribution in [-0.4, -0.2) is 59.0 Å². The number of likely N-dealkylation sites (N-methyl/N-ethyl adjacent to an activating group) is 1. The van der Waals surface area contributed by atoms with Gasteiger partial charge in [0, 0.05) is 37.2 Å². The predicted octanol–water partition coefficient (Wildman–Crippen LogP) is 0.524. The number of aliphatic hydroxyl groups is 1. The van der Waals surface area contributed by atoms with Crippen LogP contribution in [0.4, 0.5) is 0 Å². The number of rotatable bonds is 3. The molecule has 0 aliphatic carbocycles. The molecule has 5 nitrogen and oxygen atoms in total. The van der Waals surface area contributed by atoms with E-state index >= 15 is 0 Å². The van der Waals surface area contributed by atoms with Gasteiger partial charge in [0.05, 0.1) is 0 Å². The standard InChI is InChI=1S/C16H20N2O3/c1-2-18-14(12-8-17(9-12)15(20)10-19)7-11-5-3-4-6-13(11)16(18)21/h3-6,12,14,19H,2,7-10H2,1H3. The van der Waals surface area contributed by atoms with Crippen molar-refractivity contribution in [3.8, 4) is 0 Å². The quantitative estimate of drug-likeness (QED) is 0.882. The van der Waals surface area contributed by atoms with E-state index in [1.807, 2.05) is 36.1 Å². The van der Waals surface area contributed by atoms with Gasteiger partial charge in [0.1, 0.15) is 6.61 Å². The zero-order valence-corrected chi connectivity index (χ0v) is 12.2. The van der Waals surface area contributed by atoms with Crippen molar-refractivity contribution in [3.05, 3.63) is 35.4 Å². The molecule has 1 aromatic carbocycles. The third-order valence-electron chi connectivity index (χ3n) is 4.62. The van der Waals surface area contributed by atoms with E-state index in [1.165, 1.54) is 0 Å². The highest BCUT2D eigenvalue weighted by Gasteiger charge is 2.42. The topological polar surface area (TPSA) is 60.9 Å². The molecule has 0 bridgehead atoms. The fraction of sp³-hybridized carbons (Fsp3) is 0.500. The third-order valence-corrected chi connectivity index (χ3v) is 4.62. The Kier molecular flexibility index (Phi) is 3.68. The third kappa shape index (κ3) is 2.31. The van der Waals surface area contributed by atoms with Crippen molar-refractivity contribution in [3.63, 3.8) is 0 Å². The van der Waals surface area contributed by atoms with E-state index in [0.717, 1.165) is 17.5 Å². The smallest absolute Gasteiger partial charge is 0.254 e. The number of carbonyl (C=O) groups excluding carboxylic acids is 2. The number of nitrogens with zero attached hydrogens (tertiary/aromatic N) is 2. The average molecular weight is 288 g/mol. The predicted molar refractivity (Wildman–Crippen MR) is 77.8 cm³/mol. The van der Waals surface area contributed by atoms with Gasteiger partial charge in [-0.05, 0) is 25.0 Å². The number of aliphatic hydroxyl groups excluding tert-OH is 1. The van der Waals surface area contributed by atoms with Crippen LogP contribution in [0.5, 0.6) is 0 Å². The van der Waals surface area contributed by atoms with Gasteiger partial charge >= 0.3 is 0 Å². The fourth-order valence-corrected chi connectivity index (χ4v) is 3.41. The number of likely N-dealkylation sites (tertiary alicyclic amines) is 1. The van der Waals surface area contributed by atoms with Gasteiger partial charge in [-0.15, -0.1) is 0 Å². The summed E-state index contributed by atoms with van der Waals surface area (Å²) >= 11 is 0. The molecule has 1 N–H and O–H groups in total. The van der Waals surface area contributed by atoms with Crippen LogP contribution in [0, 0.1) is 5.92 Å². The molecular weight excluding hydrogens is 268 g/mol. The highest BCUT2D eigenvalue weighted by molar-refractivity contribution is 5.97. The Balaban J connectivity index is 1.78. The Morgan fingerprint density at radius 2 is 2.05 bits per heavy atom. The molecule has 0 radical (unpaired) electrons. The van der Waals surface area contributed by atoms with E-state index in [2.05, 4.69) is 0 Å². The molecule has 0 aromatic heterocycles. The molecule has 2 heterocycles. The van der Waals surface area contributed by atoms with E-state index in [-0.39, 0.29) is 17.9 Å². The molecular formula is C16H20N2O3. The number of carbonyl (C=O) groups is 2. The molecule has 1 fully saturated rings. The maximum atomic E-state index is 12.6. The summed E-state index contributed by atoms with van der Waals surface area (Å²) in [4.78, 5) is 27.6. The first-order valence-electron chi connectivity index (χ1n) is 7.43. The maximum absolute atomic E-state index is 12.6. The van der Waals surface area contributed by atoms with Crippen molar-refractivity contribution in [2.24, 2.45) is 5.92 Å². The molecule has 0 spiro atoms. The van der Waals surface area contributed by atoms with E-state index < -0.39 is 6.61 Å². The van der Waals surface area contributed by atoms with Gasteiger partial charge in [-0.3, -0.25) is 9.59 Å². The van der Waals surface area contributed by atoms with Gasteiger partial charge in [0.2, 0.25) is 5.91 Å². The molecule has 5 heteroatoms. The van der Waals surface area contributed by atoms with Crippen LogP contribution in [0.2, 0.25) is 0 Å². The molecule has 1 unspecified atom stereocenters. The van der Waals surface area contributed by atoms with E-state index in [4.69, 9.17) is 5.11 Å². The second-order valence-electron chi connectivity index (χ2n) is 5.74. The first-order valence-corrected chi connectivity index (χ1v) is 7.43. The molecule has 112 valence electrons. The summed E-state index contributed by atoms with van der Waals surface area (Å²) in [6.07, 6.45) is 0.849. The second-order valence-corrected chi connectivity index (χ2v) is 5.74. The average Bonchev–Trinajstić information content (AvgIpc) is 2.46. The summed E-state index contributed by atoms with van der Waals surface area (Å²) in [7, 11) is 0. The van der Waals surface area contributed by atoms with Crippen molar-refractivity contribution < 1.29 is 14.7 Å². The molecule has 1 atom stereocenters. The Labute approximate surface area is 124 Å². The molecule has 3 rings (SSSR count). The lowest BCUT2D eigenvalue weighted by Gasteiger charge is -2.48. The largest absolute Gasteiger partial charge is 0.387 e. The van der Waals surface area contributed by atoms with Crippen molar-refractivity contribution in [2.45, 2.75) is 19.4 Å². The summed E-state index contributed by atoms with van der Waals surface area (Å²) in [5.41, 5.74) is 1.90. The summed E-state index contributed by atoms with van der Waals surface area (Å²) in [5.74, 6) is 0.172. The van der Waals surface area contributed by atoms with Gasteiger partial charge in [-0.1, -0.05) is 18.2 Å². The second kappa shape index (κ2) is 5.48. The zero-order chi connectivity index (χ0) is 15.0. The number of benzene rings is 1. The Bertz CT molecular complexity index is 566. The lowest BCUT2D eigenvalue weighted by atomic mass is 9.82. The SMILES string of the molecule is CCN1C(=O)c2ccccc2CC1C1CN(C(=O)CO)C1. The van der Waals surface area contributed by atoms with Crippen LogP contribution >= 0.6 is 0 Å². The molecule has 1 aromatic rings. The van der Waals surface area contributed by atoms with Gasteiger partial charge in [-0.25, -0.2) is 0 Å². The van der Waals surface area contributed by atoms with Gasteiger partial charge in [0.15, 0.2) is 0 Å². The van der Waals surface area contributed by atoms with Crippen LogP contribution in [0.25, 0.3) is 0 Å². The monoisotopic (exact) mass is 288 g/mol. The molecule has 1 saturated heterocycles. The maximum Gasteiger partial charge on any atom is 0.254 e. The minimum absolute atomic E-state index is 0.0938. The molecule has 2 aliphatic heterocycles. The highest BCUT2D eigenvalue weighted by atomic mass is 16.3. The van der Waals surface area contributed by atoms with E-state index in [9.17, 15) is 9.59 Å². The first kappa shape index (κ1) is 14.1. The van der Waals surface area contributed by atoms with Crippen LogP contribution in [0.1, 0.15) is 22.8 Å². The number of amides is 2. The summed E-state index contributed by atoms with van der Waals surface area (Å²) < 4.78 is 0.